The molecule has 0 amide bonds. The first kappa shape index (κ1) is 19.9. The van der Waals surface area contributed by atoms with Crippen molar-refractivity contribution in [2.75, 3.05) is 14.2 Å². The highest BCUT2D eigenvalue weighted by atomic mass is 32.2. The van der Waals surface area contributed by atoms with Gasteiger partial charge in [0.2, 0.25) is 11.7 Å². The van der Waals surface area contributed by atoms with Crippen LogP contribution in [0, 0.1) is 13.8 Å². The van der Waals surface area contributed by atoms with Crippen molar-refractivity contribution in [2.24, 2.45) is 0 Å². The quantitative estimate of drug-likeness (QED) is 0.597. The Hall–Kier alpha value is -2.87. The van der Waals surface area contributed by atoms with Crippen molar-refractivity contribution in [3.63, 3.8) is 0 Å². The van der Waals surface area contributed by atoms with E-state index in [0.29, 0.717) is 17.1 Å². The Kier molecular flexibility index (Phi) is 5.69. The maximum absolute atomic E-state index is 12.6. The molecule has 8 heteroatoms. The van der Waals surface area contributed by atoms with Gasteiger partial charge in [-0.2, -0.15) is 4.98 Å². The fourth-order valence-corrected chi connectivity index (χ4v) is 4.22. The van der Waals surface area contributed by atoms with E-state index in [-0.39, 0.29) is 23.2 Å². The molecule has 0 fully saturated rings. The standard InChI is InChI=1S/C20H22N2O5S/c1-13-5-6-14(2)16(9-13)11-28(23,24)12-19-21-20(22-27-19)15-7-8-17(25-3)18(10-15)26-4/h5-10H,11-12H2,1-4H3. The molecule has 0 N–H and O–H groups in total. The van der Waals surface area contributed by atoms with E-state index < -0.39 is 9.84 Å². The van der Waals surface area contributed by atoms with Gasteiger partial charge in [-0.25, -0.2) is 8.42 Å². The van der Waals surface area contributed by atoms with Gasteiger partial charge in [-0.1, -0.05) is 28.9 Å². The first-order valence-corrected chi connectivity index (χ1v) is 10.4. The van der Waals surface area contributed by atoms with Crippen LogP contribution in [0.4, 0.5) is 0 Å². The lowest BCUT2D eigenvalue weighted by atomic mass is 10.1. The number of hydrogen-bond donors (Lipinski definition) is 0. The third-order valence-corrected chi connectivity index (χ3v) is 5.77. The third-order valence-electron chi connectivity index (χ3n) is 4.33. The number of methoxy groups -OCH3 is 2. The van der Waals surface area contributed by atoms with Crippen LogP contribution in [0.5, 0.6) is 11.5 Å². The summed E-state index contributed by atoms with van der Waals surface area (Å²) in [6.07, 6.45) is 0. The van der Waals surface area contributed by atoms with Crippen LogP contribution in [0.1, 0.15) is 22.6 Å². The van der Waals surface area contributed by atoms with Crippen molar-refractivity contribution in [1.82, 2.24) is 10.1 Å². The van der Waals surface area contributed by atoms with Crippen molar-refractivity contribution in [2.45, 2.75) is 25.4 Å². The van der Waals surface area contributed by atoms with Crippen LogP contribution in [0.25, 0.3) is 11.4 Å². The molecule has 0 radical (unpaired) electrons. The number of nitrogens with zero attached hydrogens (tertiary/aromatic N) is 2. The Morgan fingerprint density at radius 1 is 0.964 bits per heavy atom. The summed E-state index contributed by atoms with van der Waals surface area (Å²) in [7, 11) is -0.383. The van der Waals surface area contributed by atoms with Crippen molar-refractivity contribution in [1.29, 1.82) is 0 Å². The third kappa shape index (κ3) is 4.51. The van der Waals surface area contributed by atoms with Gasteiger partial charge in [0.05, 0.1) is 20.0 Å². The predicted molar refractivity (Wildman–Crippen MR) is 105 cm³/mol. The lowest BCUT2D eigenvalue weighted by molar-refractivity contribution is 0.355. The van der Waals surface area contributed by atoms with Crippen molar-refractivity contribution in [3.05, 3.63) is 59.0 Å². The molecular formula is C20H22N2O5S. The molecular weight excluding hydrogens is 380 g/mol. The van der Waals surface area contributed by atoms with Crippen LogP contribution in [0.2, 0.25) is 0 Å². The summed E-state index contributed by atoms with van der Waals surface area (Å²) in [6.45, 7) is 3.83. The molecule has 1 heterocycles. The van der Waals surface area contributed by atoms with Gasteiger partial charge in [0.1, 0.15) is 5.75 Å². The molecule has 3 aromatic rings. The van der Waals surface area contributed by atoms with Crippen LogP contribution >= 0.6 is 0 Å². The molecule has 0 aliphatic rings. The van der Waals surface area contributed by atoms with Crippen molar-refractivity contribution >= 4 is 9.84 Å². The van der Waals surface area contributed by atoms with E-state index in [1.165, 1.54) is 7.11 Å². The van der Waals surface area contributed by atoms with Gasteiger partial charge in [0.25, 0.3) is 0 Å². The summed E-state index contributed by atoms with van der Waals surface area (Å²) in [5.74, 6) is 1.04. The molecule has 0 saturated heterocycles. The van der Waals surface area contributed by atoms with Gasteiger partial charge >= 0.3 is 0 Å². The summed E-state index contributed by atoms with van der Waals surface area (Å²) in [4.78, 5) is 4.22. The summed E-state index contributed by atoms with van der Waals surface area (Å²) in [5, 5.41) is 3.89. The topological polar surface area (TPSA) is 91.5 Å². The lowest BCUT2D eigenvalue weighted by Crippen LogP contribution is -2.09. The summed E-state index contributed by atoms with van der Waals surface area (Å²) >= 11 is 0. The zero-order chi connectivity index (χ0) is 20.3. The minimum atomic E-state index is -3.46. The molecule has 0 bridgehead atoms. The van der Waals surface area contributed by atoms with Crippen LogP contribution in [0.3, 0.4) is 0 Å². The van der Waals surface area contributed by atoms with E-state index in [2.05, 4.69) is 10.1 Å². The molecule has 0 atom stereocenters. The number of benzene rings is 2. The van der Waals surface area contributed by atoms with Crippen molar-refractivity contribution < 1.29 is 22.4 Å². The molecule has 3 rings (SSSR count). The minimum Gasteiger partial charge on any atom is -0.493 e. The number of ether oxygens (including phenoxy) is 2. The number of sulfone groups is 1. The second-order valence-electron chi connectivity index (χ2n) is 6.54. The van der Waals surface area contributed by atoms with E-state index in [0.717, 1.165) is 16.7 Å². The monoisotopic (exact) mass is 402 g/mol. The van der Waals surface area contributed by atoms with Crippen LogP contribution in [-0.4, -0.2) is 32.8 Å². The molecule has 0 saturated carbocycles. The molecule has 28 heavy (non-hydrogen) atoms. The smallest absolute Gasteiger partial charge is 0.242 e. The highest BCUT2D eigenvalue weighted by Gasteiger charge is 2.20. The number of aryl methyl sites for hydroxylation is 2. The first-order chi connectivity index (χ1) is 13.3. The maximum Gasteiger partial charge on any atom is 0.242 e. The molecule has 148 valence electrons. The highest BCUT2D eigenvalue weighted by molar-refractivity contribution is 7.89. The Labute approximate surface area is 164 Å². The summed E-state index contributed by atoms with van der Waals surface area (Å²) < 4.78 is 40.8. The Bertz CT molecular complexity index is 1090. The SMILES string of the molecule is COc1ccc(-c2noc(CS(=O)(=O)Cc3cc(C)ccc3C)n2)cc1OC. The van der Waals surface area contributed by atoms with Gasteiger partial charge in [-0.05, 0) is 43.2 Å². The second kappa shape index (κ2) is 8.02. The average Bonchev–Trinajstić information content (AvgIpc) is 3.11. The molecule has 0 aliphatic carbocycles. The Morgan fingerprint density at radius 2 is 1.71 bits per heavy atom. The fourth-order valence-electron chi connectivity index (χ4n) is 2.84. The molecule has 0 spiro atoms. The van der Waals surface area contributed by atoms with E-state index >= 15 is 0 Å². The highest BCUT2D eigenvalue weighted by Crippen LogP contribution is 2.31. The van der Waals surface area contributed by atoms with Gasteiger partial charge in [-0.15, -0.1) is 0 Å². The van der Waals surface area contributed by atoms with Gasteiger partial charge < -0.3 is 14.0 Å². The maximum atomic E-state index is 12.6. The average molecular weight is 402 g/mol. The summed E-state index contributed by atoms with van der Waals surface area (Å²) in [5.41, 5.74) is 3.37. The fraction of sp³-hybridized carbons (Fsp3) is 0.300. The second-order valence-corrected chi connectivity index (χ2v) is 8.61. The van der Waals surface area contributed by atoms with E-state index in [1.54, 1.807) is 25.3 Å². The van der Waals surface area contributed by atoms with E-state index in [1.807, 2.05) is 32.0 Å². The zero-order valence-electron chi connectivity index (χ0n) is 16.2. The molecule has 0 unspecified atom stereocenters. The van der Waals surface area contributed by atoms with E-state index in [9.17, 15) is 8.42 Å². The van der Waals surface area contributed by atoms with Gasteiger partial charge in [-0.3, -0.25) is 0 Å². The first-order valence-electron chi connectivity index (χ1n) is 8.63. The van der Waals surface area contributed by atoms with Crippen LogP contribution < -0.4 is 9.47 Å². The Morgan fingerprint density at radius 3 is 2.43 bits per heavy atom. The molecule has 2 aromatic carbocycles. The number of rotatable bonds is 7. The molecule has 1 aromatic heterocycles. The van der Waals surface area contributed by atoms with Crippen LogP contribution in [0.15, 0.2) is 40.9 Å². The lowest BCUT2D eigenvalue weighted by Gasteiger charge is -2.07. The zero-order valence-corrected chi connectivity index (χ0v) is 17.0. The number of aromatic nitrogens is 2. The summed E-state index contributed by atoms with van der Waals surface area (Å²) in [6, 6.07) is 10.9. The van der Waals surface area contributed by atoms with Gasteiger partial charge in [0, 0.05) is 5.56 Å². The Balaban J connectivity index is 1.79. The predicted octanol–water partition coefficient (Wildman–Crippen LogP) is 3.49. The van der Waals surface area contributed by atoms with Crippen molar-refractivity contribution in [3.8, 4) is 22.9 Å². The molecule has 7 nitrogen and oxygen atoms in total. The number of hydrogen-bond acceptors (Lipinski definition) is 7. The van der Waals surface area contributed by atoms with Gasteiger partial charge in [0.15, 0.2) is 21.3 Å². The van der Waals surface area contributed by atoms with E-state index in [4.69, 9.17) is 14.0 Å². The minimum absolute atomic E-state index is 0.0510. The molecule has 0 aliphatic heterocycles. The normalized spacial score (nSPS) is 11.4. The largest absolute Gasteiger partial charge is 0.493 e. The van der Waals surface area contributed by atoms with Crippen LogP contribution in [-0.2, 0) is 21.3 Å².